The van der Waals surface area contributed by atoms with Gasteiger partial charge < -0.3 is 18.9 Å². The monoisotopic (exact) mass is 342 g/mol. The lowest BCUT2D eigenvalue weighted by Crippen LogP contribution is -2.59. The van der Waals surface area contributed by atoms with Crippen molar-refractivity contribution in [3.63, 3.8) is 0 Å². The molecule has 1 rings (SSSR count). The van der Waals surface area contributed by atoms with E-state index in [9.17, 15) is 14.4 Å². The van der Waals surface area contributed by atoms with Gasteiger partial charge in [0.05, 0.1) is 12.0 Å². The van der Waals surface area contributed by atoms with E-state index in [2.05, 4.69) is 0 Å². The van der Waals surface area contributed by atoms with Crippen LogP contribution in [-0.2, 0) is 33.3 Å². The quantitative estimate of drug-likeness (QED) is 0.427. The number of halogens is 2. The molecule has 21 heavy (non-hydrogen) atoms. The van der Waals surface area contributed by atoms with Crippen molar-refractivity contribution >= 4 is 41.1 Å². The van der Waals surface area contributed by atoms with Gasteiger partial charge in [0.25, 0.3) is 0 Å². The minimum Gasteiger partial charge on any atom is -0.457 e. The fraction of sp³-hybridized carbons (Fsp3) is 0.750. The smallest absolute Gasteiger partial charge is 0.305 e. The van der Waals surface area contributed by atoms with Gasteiger partial charge in [-0.2, -0.15) is 0 Å². The first-order valence-electron chi connectivity index (χ1n) is 6.13. The maximum Gasteiger partial charge on any atom is 0.305 e. The van der Waals surface area contributed by atoms with Crippen LogP contribution in [0.2, 0.25) is 0 Å². The second kappa shape index (κ2) is 7.82. The summed E-state index contributed by atoms with van der Waals surface area (Å²) in [5.74, 6) is -1.96. The summed E-state index contributed by atoms with van der Waals surface area (Å²) in [5.41, 5.74) is 0. The summed E-state index contributed by atoms with van der Waals surface area (Å²) in [6.45, 7) is 3.50. The van der Waals surface area contributed by atoms with Crippen molar-refractivity contribution in [2.45, 2.75) is 50.8 Å². The molecular weight excluding hydrogens is 327 g/mol. The van der Waals surface area contributed by atoms with Crippen LogP contribution in [0.5, 0.6) is 0 Å². The molecule has 1 heterocycles. The van der Waals surface area contributed by atoms with Crippen molar-refractivity contribution in [3.05, 3.63) is 0 Å². The van der Waals surface area contributed by atoms with Crippen molar-refractivity contribution in [2.24, 2.45) is 0 Å². The lowest BCUT2D eigenvalue weighted by molar-refractivity contribution is -0.262. The van der Waals surface area contributed by atoms with Crippen molar-refractivity contribution < 1.29 is 33.3 Å². The number of hydrogen-bond donors (Lipinski definition) is 0. The Bertz CT molecular complexity index is 414. The molecule has 0 N–H and O–H groups in total. The van der Waals surface area contributed by atoms with Gasteiger partial charge in [-0.1, -0.05) is 0 Å². The van der Waals surface area contributed by atoms with E-state index in [1.807, 2.05) is 0 Å². The van der Waals surface area contributed by atoms with E-state index in [-0.39, 0.29) is 5.88 Å². The van der Waals surface area contributed by atoms with Crippen LogP contribution in [0.3, 0.4) is 0 Å². The molecular formula is C12H16Cl2O7. The first-order chi connectivity index (χ1) is 9.76. The fourth-order valence-electron chi connectivity index (χ4n) is 1.89. The van der Waals surface area contributed by atoms with Gasteiger partial charge in [0, 0.05) is 20.8 Å². The van der Waals surface area contributed by atoms with Gasteiger partial charge in [0.15, 0.2) is 6.10 Å². The van der Waals surface area contributed by atoms with Crippen LogP contribution in [0.15, 0.2) is 0 Å². The summed E-state index contributed by atoms with van der Waals surface area (Å²) in [7, 11) is 0. The van der Waals surface area contributed by atoms with Gasteiger partial charge in [-0.05, 0) is 0 Å². The minimum atomic E-state index is -1.26. The average Bonchev–Trinajstić information content (AvgIpc) is 2.35. The van der Waals surface area contributed by atoms with Crippen LogP contribution in [0, 0.1) is 0 Å². The normalized spacial score (nSPS) is 32.1. The standard InChI is InChI=1S/C12H16Cl2O7/c1-5(15)18-10-9(14)8(4-13)21-12(20-7(3)17)11(10)19-6(2)16/h8-12H,4H2,1-3H3/t8-,9+,10+,11-,12+/m1/s1. The SMILES string of the molecule is CC(=O)O[C@H]1O[C@H](CCl)[C@H](Cl)[C@H](OC(C)=O)[C@H]1OC(C)=O. The molecule has 0 amide bonds. The Morgan fingerprint density at radius 2 is 1.43 bits per heavy atom. The molecule has 0 aromatic rings. The zero-order chi connectivity index (χ0) is 16.2. The molecule has 1 fully saturated rings. The van der Waals surface area contributed by atoms with Gasteiger partial charge in [-0.3, -0.25) is 14.4 Å². The molecule has 5 atom stereocenters. The molecule has 1 aliphatic heterocycles. The summed E-state index contributed by atoms with van der Waals surface area (Å²) in [4.78, 5) is 33.5. The maximum absolute atomic E-state index is 11.2. The molecule has 0 unspecified atom stereocenters. The van der Waals surface area contributed by atoms with Gasteiger partial charge in [-0.25, -0.2) is 0 Å². The van der Waals surface area contributed by atoms with E-state index >= 15 is 0 Å². The maximum atomic E-state index is 11.2. The summed E-state index contributed by atoms with van der Waals surface area (Å²) in [6, 6.07) is 0. The van der Waals surface area contributed by atoms with Crippen LogP contribution in [0.1, 0.15) is 20.8 Å². The molecule has 120 valence electrons. The lowest BCUT2D eigenvalue weighted by Gasteiger charge is -2.41. The largest absolute Gasteiger partial charge is 0.457 e. The second-order valence-electron chi connectivity index (χ2n) is 4.40. The Balaban J connectivity index is 3.05. The van der Waals surface area contributed by atoms with E-state index in [4.69, 9.17) is 42.1 Å². The molecule has 0 radical (unpaired) electrons. The predicted molar refractivity (Wildman–Crippen MR) is 71.9 cm³/mol. The number of rotatable bonds is 4. The Labute approximate surface area is 131 Å². The number of ether oxygens (including phenoxy) is 4. The molecule has 1 saturated heterocycles. The zero-order valence-electron chi connectivity index (χ0n) is 11.7. The Morgan fingerprint density at radius 3 is 1.86 bits per heavy atom. The Kier molecular flexibility index (Phi) is 6.70. The van der Waals surface area contributed by atoms with Crippen molar-refractivity contribution in [2.75, 3.05) is 5.88 Å². The summed E-state index contributed by atoms with van der Waals surface area (Å²) in [5, 5.41) is -0.859. The molecule has 0 bridgehead atoms. The number of hydrogen-bond acceptors (Lipinski definition) is 7. The highest BCUT2D eigenvalue weighted by Gasteiger charge is 2.50. The van der Waals surface area contributed by atoms with Crippen LogP contribution < -0.4 is 0 Å². The molecule has 0 spiro atoms. The van der Waals surface area contributed by atoms with Gasteiger partial charge in [0.1, 0.15) is 5.38 Å². The van der Waals surface area contributed by atoms with Crippen LogP contribution in [0.4, 0.5) is 0 Å². The van der Waals surface area contributed by atoms with Crippen molar-refractivity contribution in [1.29, 1.82) is 0 Å². The third-order valence-corrected chi connectivity index (χ3v) is 3.44. The number of carbonyl (C=O) groups is 3. The predicted octanol–water partition coefficient (Wildman–Crippen LogP) is 0.984. The third kappa shape index (κ3) is 5.01. The van der Waals surface area contributed by atoms with Crippen molar-refractivity contribution in [3.8, 4) is 0 Å². The summed E-state index contributed by atoms with van der Waals surface area (Å²) in [6.07, 6.45) is -4.21. The first-order valence-corrected chi connectivity index (χ1v) is 7.10. The lowest BCUT2D eigenvalue weighted by atomic mass is 10.0. The minimum absolute atomic E-state index is 0.0174. The molecule has 0 aliphatic carbocycles. The van der Waals surface area contributed by atoms with E-state index < -0.39 is 47.9 Å². The molecule has 0 aromatic carbocycles. The van der Waals surface area contributed by atoms with E-state index in [1.54, 1.807) is 0 Å². The second-order valence-corrected chi connectivity index (χ2v) is 5.21. The zero-order valence-corrected chi connectivity index (χ0v) is 13.2. The van der Waals surface area contributed by atoms with Crippen LogP contribution in [-0.4, -0.2) is 53.8 Å². The summed E-state index contributed by atoms with van der Waals surface area (Å²) >= 11 is 11.9. The average molecular weight is 343 g/mol. The Morgan fingerprint density at radius 1 is 0.952 bits per heavy atom. The van der Waals surface area contributed by atoms with E-state index in [0.29, 0.717) is 0 Å². The van der Waals surface area contributed by atoms with Gasteiger partial charge in [-0.15, -0.1) is 23.2 Å². The third-order valence-electron chi connectivity index (χ3n) is 2.61. The van der Waals surface area contributed by atoms with E-state index in [0.717, 1.165) is 13.8 Å². The number of esters is 3. The van der Waals surface area contributed by atoms with Gasteiger partial charge in [0.2, 0.25) is 12.4 Å². The highest BCUT2D eigenvalue weighted by atomic mass is 35.5. The van der Waals surface area contributed by atoms with Crippen LogP contribution >= 0.6 is 23.2 Å². The Hall–Kier alpha value is -1.05. The van der Waals surface area contributed by atoms with Crippen LogP contribution in [0.25, 0.3) is 0 Å². The molecule has 1 aliphatic rings. The highest BCUT2D eigenvalue weighted by Crippen LogP contribution is 2.31. The summed E-state index contributed by atoms with van der Waals surface area (Å²) < 4.78 is 20.5. The molecule has 9 heteroatoms. The van der Waals surface area contributed by atoms with E-state index in [1.165, 1.54) is 6.92 Å². The van der Waals surface area contributed by atoms with Crippen molar-refractivity contribution in [1.82, 2.24) is 0 Å². The molecule has 0 saturated carbocycles. The fourth-order valence-corrected chi connectivity index (χ4v) is 2.59. The molecule has 0 aromatic heterocycles. The topological polar surface area (TPSA) is 88.1 Å². The molecule has 7 nitrogen and oxygen atoms in total. The first kappa shape index (κ1) is 18.0. The number of alkyl halides is 2. The number of carbonyl (C=O) groups excluding carboxylic acids is 3. The highest BCUT2D eigenvalue weighted by molar-refractivity contribution is 6.23. The van der Waals surface area contributed by atoms with Gasteiger partial charge >= 0.3 is 17.9 Å².